The molecule has 27 heavy (non-hydrogen) atoms. The van der Waals surface area contributed by atoms with Crippen molar-refractivity contribution < 1.29 is 19.5 Å². The molecule has 0 bridgehead atoms. The van der Waals surface area contributed by atoms with E-state index in [1.807, 2.05) is 6.82 Å². The molecule has 1 saturated heterocycles. The SMILES string of the molecule is CB1O[C@H](C)[C@]2(CC[C@H]3[C@@H]4CC[C@@H]5C[C@H](O)CC[C@]5(C)[C@H]4[C@@H](O)C[C@@]32C)O1. The summed E-state index contributed by atoms with van der Waals surface area (Å²) in [5.41, 5.74) is -0.0523. The van der Waals surface area contributed by atoms with Crippen molar-refractivity contribution in [2.45, 2.75) is 103 Å². The molecular formula is C22H37BO4. The van der Waals surface area contributed by atoms with Crippen LogP contribution in [0.5, 0.6) is 0 Å². The molecule has 0 aromatic rings. The Morgan fingerprint density at radius 2 is 1.81 bits per heavy atom. The maximum absolute atomic E-state index is 11.5. The van der Waals surface area contributed by atoms with Crippen LogP contribution in [0.3, 0.4) is 0 Å². The fraction of sp³-hybridized carbons (Fsp3) is 1.00. The Labute approximate surface area is 164 Å². The van der Waals surface area contributed by atoms with Gasteiger partial charge in [-0.2, -0.15) is 0 Å². The van der Waals surface area contributed by atoms with Gasteiger partial charge in [0.2, 0.25) is 0 Å². The Bertz CT molecular complexity index is 615. The summed E-state index contributed by atoms with van der Waals surface area (Å²) in [5, 5.41) is 21.7. The summed E-state index contributed by atoms with van der Waals surface area (Å²) in [7, 11) is -0.140. The Morgan fingerprint density at radius 1 is 1.04 bits per heavy atom. The van der Waals surface area contributed by atoms with Gasteiger partial charge in [0.25, 0.3) is 0 Å². The average molecular weight is 376 g/mol. The standard InChI is InChI=1S/C22H37BO4/c1-13-22(27-23(4)26-13)10-8-17-16-6-5-14-11-15(24)7-9-20(14,2)19(16)18(25)12-21(17,22)3/h13-19,24-25H,5-12H2,1-4H3/t13-,14-,15-,16+,17+,18+,19-,20+,21+,22+/m1/s1. The van der Waals surface area contributed by atoms with E-state index in [0.717, 1.165) is 32.1 Å². The Morgan fingerprint density at radius 3 is 2.52 bits per heavy atom. The number of hydrogen-bond acceptors (Lipinski definition) is 4. The van der Waals surface area contributed by atoms with E-state index < -0.39 is 0 Å². The summed E-state index contributed by atoms with van der Waals surface area (Å²) in [5.74, 6) is 2.15. The first kappa shape index (κ1) is 18.9. The third kappa shape index (κ3) is 2.32. The minimum atomic E-state index is -0.263. The lowest BCUT2D eigenvalue weighted by atomic mass is 9.43. The molecule has 5 rings (SSSR count). The second kappa shape index (κ2) is 5.96. The zero-order chi connectivity index (χ0) is 19.2. The second-order valence-electron chi connectivity index (χ2n) is 11.1. The van der Waals surface area contributed by atoms with Crippen LogP contribution in [0.1, 0.15) is 72.1 Å². The van der Waals surface area contributed by atoms with E-state index in [1.54, 1.807) is 0 Å². The minimum absolute atomic E-state index is 0.00482. The van der Waals surface area contributed by atoms with Crippen LogP contribution in [0.4, 0.5) is 0 Å². The largest absolute Gasteiger partial charge is 0.454 e. The molecule has 4 aliphatic carbocycles. The van der Waals surface area contributed by atoms with Crippen molar-refractivity contribution in [3.8, 4) is 0 Å². The summed E-state index contributed by atoms with van der Waals surface area (Å²) in [6.45, 7) is 9.01. The molecule has 0 aromatic carbocycles. The topological polar surface area (TPSA) is 58.9 Å². The molecule has 5 heteroatoms. The molecular weight excluding hydrogens is 339 g/mol. The molecule has 1 spiro atoms. The van der Waals surface area contributed by atoms with Gasteiger partial charge in [0.1, 0.15) is 0 Å². The van der Waals surface area contributed by atoms with Crippen LogP contribution in [0.2, 0.25) is 6.82 Å². The van der Waals surface area contributed by atoms with Crippen molar-refractivity contribution in [3.63, 3.8) is 0 Å². The van der Waals surface area contributed by atoms with E-state index in [0.29, 0.717) is 23.7 Å². The molecule has 152 valence electrons. The van der Waals surface area contributed by atoms with Gasteiger partial charge < -0.3 is 19.5 Å². The first-order valence-corrected chi connectivity index (χ1v) is 11.4. The Kier molecular flexibility index (Phi) is 4.18. The lowest BCUT2D eigenvalue weighted by Gasteiger charge is -2.63. The van der Waals surface area contributed by atoms with Gasteiger partial charge >= 0.3 is 7.12 Å². The molecule has 4 nitrogen and oxygen atoms in total. The highest BCUT2D eigenvalue weighted by atomic mass is 16.7. The molecule has 5 aliphatic rings. The maximum Gasteiger partial charge on any atom is 0.454 e. The van der Waals surface area contributed by atoms with Crippen molar-refractivity contribution in [1.29, 1.82) is 0 Å². The van der Waals surface area contributed by atoms with Gasteiger partial charge in [-0.25, -0.2) is 0 Å². The first-order valence-electron chi connectivity index (χ1n) is 11.4. The third-order valence-corrected chi connectivity index (χ3v) is 10.2. The van der Waals surface area contributed by atoms with E-state index in [2.05, 4.69) is 20.8 Å². The molecule has 5 fully saturated rings. The van der Waals surface area contributed by atoms with Crippen molar-refractivity contribution in [1.82, 2.24) is 0 Å². The van der Waals surface area contributed by atoms with Crippen LogP contribution < -0.4 is 0 Å². The Hall–Kier alpha value is -0.0951. The molecule has 0 amide bonds. The maximum atomic E-state index is 11.5. The van der Waals surface area contributed by atoms with Crippen LogP contribution >= 0.6 is 0 Å². The lowest BCUT2D eigenvalue weighted by Crippen LogP contribution is -2.63. The normalized spacial score (nSPS) is 60.2. The van der Waals surface area contributed by atoms with Crippen LogP contribution in [0.15, 0.2) is 0 Å². The molecule has 2 N–H and O–H groups in total. The van der Waals surface area contributed by atoms with E-state index >= 15 is 0 Å². The smallest absolute Gasteiger partial charge is 0.406 e. The molecule has 10 atom stereocenters. The minimum Gasteiger partial charge on any atom is -0.406 e. The lowest BCUT2D eigenvalue weighted by molar-refractivity contribution is -0.199. The van der Waals surface area contributed by atoms with Gasteiger partial charge in [0, 0.05) is 5.41 Å². The van der Waals surface area contributed by atoms with Crippen LogP contribution in [0, 0.1) is 34.5 Å². The van der Waals surface area contributed by atoms with Gasteiger partial charge in [-0.05, 0) is 94.2 Å². The summed E-state index contributed by atoms with van der Waals surface area (Å²) >= 11 is 0. The van der Waals surface area contributed by atoms with Crippen LogP contribution in [-0.2, 0) is 9.31 Å². The molecule has 0 aromatic heterocycles. The monoisotopic (exact) mass is 376 g/mol. The number of aliphatic hydroxyl groups is 2. The van der Waals surface area contributed by atoms with E-state index in [1.165, 1.54) is 19.3 Å². The molecule has 4 saturated carbocycles. The van der Waals surface area contributed by atoms with Gasteiger partial charge in [-0.1, -0.05) is 13.8 Å². The first-order chi connectivity index (χ1) is 12.7. The number of rotatable bonds is 0. The molecule has 1 heterocycles. The molecule has 0 radical (unpaired) electrons. The number of hydrogen-bond donors (Lipinski definition) is 2. The quantitative estimate of drug-likeness (QED) is 0.634. The van der Waals surface area contributed by atoms with Crippen molar-refractivity contribution in [3.05, 3.63) is 0 Å². The van der Waals surface area contributed by atoms with E-state index in [9.17, 15) is 10.2 Å². The van der Waals surface area contributed by atoms with Crippen molar-refractivity contribution in [2.24, 2.45) is 34.5 Å². The fourth-order valence-corrected chi connectivity index (χ4v) is 9.06. The molecule has 0 unspecified atom stereocenters. The second-order valence-corrected chi connectivity index (χ2v) is 11.1. The average Bonchev–Trinajstić information content (AvgIpc) is 3.05. The van der Waals surface area contributed by atoms with E-state index in [4.69, 9.17) is 9.31 Å². The third-order valence-electron chi connectivity index (χ3n) is 10.2. The van der Waals surface area contributed by atoms with Gasteiger partial charge in [-0.3, -0.25) is 0 Å². The van der Waals surface area contributed by atoms with Crippen molar-refractivity contribution in [2.75, 3.05) is 0 Å². The Balaban J connectivity index is 1.50. The summed E-state index contributed by atoms with van der Waals surface area (Å²) in [4.78, 5) is 0. The van der Waals surface area contributed by atoms with Gasteiger partial charge in [-0.15, -0.1) is 0 Å². The summed E-state index contributed by atoms with van der Waals surface area (Å²) < 4.78 is 12.6. The zero-order valence-electron chi connectivity index (χ0n) is 17.5. The highest BCUT2D eigenvalue weighted by Crippen LogP contribution is 2.70. The fourth-order valence-electron chi connectivity index (χ4n) is 9.06. The van der Waals surface area contributed by atoms with Gasteiger partial charge in [0.15, 0.2) is 0 Å². The predicted molar refractivity (Wildman–Crippen MR) is 105 cm³/mol. The highest BCUT2D eigenvalue weighted by molar-refractivity contribution is 6.43. The zero-order valence-corrected chi connectivity index (χ0v) is 17.5. The summed E-state index contributed by atoms with van der Waals surface area (Å²) in [6, 6.07) is 0. The van der Waals surface area contributed by atoms with Crippen molar-refractivity contribution >= 4 is 7.12 Å². The van der Waals surface area contributed by atoms with Gasteiger partial charge in [0.05, 0.1) is 23.9 Å². The predicted octanol–water partition coefficient (Wildman–Crippen LogP) is 3.65. The van der Waals surface area contributed by atoms with Crippen LogP contribution in [-0.4, -0.2) is 41.2 Å². The number of aliphatic hydroxyl groups excluding tert-OH is 2. The summed E-state index contributed by atoms with van der Waals surface area (Å²) in [6.07, 6.45) is 8.13. The van der Waals surface area contributed by atoms with E-state index in [-0.39, 0.29) is 41.9 Å². The highest BCUT2D eigenvalue weighted by Gasteiger charge is 2.70. The van der Waals surface area contributed by atoms with Crippen LogP contribution in [0.25, 0.3) is 0 Å². The number of fused-ring (bicyclic) bond motifs is 6. The molecule has 1 aliphatic heterocycles.